The molecule has 1 heterocycles. The minimum atomic E-state index is -3.89. The zero-order chi connectivity index (χ0) is 23.8. The van der Waals surface area contributed by atoms with Gasteiger partial charge in [-0.1, -0.05) is 63.5 Å². The fourth-order valence-corrected chi connectivity index (χ4v) is 6.58. The van der Waals surface area contributed by atoms with Gasteiger partial charge in [0.2, 0.25) is 0 Å². The lowest BCUT2D eigenvalue weighted by Crippen LogP contribution is -2.43. The van der Waals surface area contributed by atoms with E-state index >= 15 is 0 Å². The summed E-state index contributed by atoms with van der Waals surface area (Å²) >= 11 is 3.39. The van der Waals surface area contributed by atoms with Crippen molar-refractivity contribution >= 4 is 41.7 Å². The van der Waals surface area contributed by atoms with Crippen molar-refractivity contribution in [2.45, 2.75) is 23.6 Å². The lowest BCUT2D eigenvalue weighted by Gasteiger charge is -2.35. The Kier molecular flexibility index (Phi) is 6.39. The lowest BCUT2D eigenvalue weighted by atomic mass is 10.1. The van der Waals surface area contributed by atoms with E-state index in [4.69, 9.17) is 0 Å². The van der Waals surface area contributed by atoms with Crippen molar-refractivity contribution < 1.29 is 16.8 Å². The summed E-state index contributed by atoms with van der Waals surface area (Å²) in [5.74, 6) is 0. The number of benzene rings is 3. The second-order valence-corrected chi connectivity index (χ2v) is 12.5. The first kappa shape index (κ1) is 23.5. The Hall–Kier alpha value is -2.62. The summed E-state index contributed by atoms with van der Waals surface area (Å²) in [6.45, 7) is 3.76. The quantitative estimate of drug-likeness (QED) is 0.462. The summed E-state index contributed by atoms with van der Waals surface area (Å²) in [4.78, 5) is 0.320. The molecule has 3 aromatic carbocycles. The van der Waals surface area contributed by atoms with Crippen LogP contribution in [0.4, 0.5) is 0 Å². The molecule has 3 aromatic rings. The maximum Gasteiger partial charge on any atom is 0.264 e. The number of nitrogens with zero attached hydrogens (tertiary/aromatic N) is 2. The molecule has 6 nitrogen and oxygen atoms in total. The molecule has 0 saturated heterocycles. The van der Waals surface area contributed by atoms with Crippen LogP contribution in [0.1, 0.15) is 16.7 Å². The third-order valence-electron chi connectivity index (χ3n) is 5.43. The second-order valence-electron chi connectivity index (χ2n) is 7.84. The summed E-state index contributed by atoms with van der Waals surface area (Å²) in [5.41, 5.74) is 2.79. The van der Waals surface area contributed by atoms with Crippen LogP contribution in [0.5, 0.6) is 0 Å². The number of aryl methyl sites for hydroxylation is 2. The van der Waals surface area contributed by atoms with Gasteiger partial charge in [-0.15, -0.1) is 0 Å². The molecule has 33 heavy (non-hydrogen) atoms. The highest BCUT2D eigenvalue weighted by molar-refractivity contribution is 9.10. The van der Waals surface area contributed by atoms with E-state index in [1.807, 2.05) is 13.8 Å². The smallest absolute Gasteiger partial charge is 0.264 e. The van der Waals surface area contributed by atoms with E-state index in [2.05, 4.69) is 15.9 Å². The first-order valence-corrected chi connectivity index (χ1v) is 13.9. The van der Waals surface area contributed by atoms with Gasteiger partial charge in [0.1, 0.15) is 0 Å². The van der Waals surface area contributed by atoms with E-state index in [0.717, 1.165) is 15.6 Å². The van der Waals surface area contributed by atoms with Crippen molar-refractivity contribution in [2.24, 2.45) is 0 Å². The van der Waals surface area contributed by atoms with E-state index in [9.17, 15) is 16.8 Å². The maximum absolute atomic E-state index is 13.5. The van der Waals surface area contributed by atoms with E-state index in [1.54, 1.807) is 72.8 Å². The highest BCUT2D eigenvalue weighted by Crippen LogP contribution is 2.32. The summed E-state index contributed by atoms with van der Waals surface area (Å²) in [5, 5.41) is 0. The van der Waals surface area contributed by atoms with Crippen LogP contribution in [0.25, 0.3) is 5.70 Å². The zero-order valence-electron chi connectivity index (χ0n) is 18.1. The molecule has 9 heteroatoms. The Balaban J connectivity index is 1.82. The molecule has 0 aliphatic carbocycles. The average Bonchev–Trinajstić information content (AvgIpc) is 2.80. The van der Waals surface area contributed by atoms with Gasteiger partial charge in [-0.2, -0.15) is 0 Å². The Bertz CT molecular complexity index is 1400. The monoisotopic (exact) mass is 546 g/mol. The Morgan fingerprint density at radius 1 is 0.667 bits per heavy atom. The minimum Gasteiger partial charge on any atom is -0.269 e. The van der Waals surface area contributed by atoms with Crippen LogP contribution in [-0.2, 0) is 20.0 Å². The molecule has 1 aliphatic heterocycles. The number of halogens is 1. The molecule has 0 spiro atoms. The van der Waals surface area contributed by atoms with Crippen LogP contribution in [0.15, 0.2) is 93.3 Å². The van der Waals surface area contributed by atoms with Gasteiger partial charge in [0.05, 0.1) is 28.6 Å². The van der Waals surface area contributed by atoms with Gasteiger partial charge in [0, 0.05) is 16.2 Å². The Labute approximate surface area is 203 Å². The first-order valence-electron chi connectivity index (χ1n) is 10.2. The molecule has 0 bridgehead atoms. The molecular formula is C24H23BrN2O4S2. The van der Waals surface area contributed by atoms with Crippen LogP contribution in [0.2, 0.25) is 0 Å². The van der Waals surface area contributed by atoms with Gasteiger partial charge in [-0.05, 0) is 50.2 Å². The Morgan fingerprint density at radius 3 is 1.67 bits per heavy atom. The second kappa shape index (κ2) is 8.96. The molecule has 0 fully saturated rings. The summed E-state index contributed by atoms with van der Waals surface area (Å²) < 4.78 is 57.0. The van der Waals surface area contributed by atoms with Crippen LogP contribution in [0.3, 0.4) is 0 Å². The SMILES string of the molecule is Cc1ccc(S(=O)(=O)N2C=C(c3ccc(Br)cc3)N(S(=O)(=O)c3ccc(C)cc3)CC2)cc1. The molecule has 0 amide bonds. The third kappa shape index (κ3) is 4.71. The molecule has 0 saturated carbocycles. The van der Waals surface area contributed by atoms with Gasteiger partial charge < -0.3 is 0 Å². The molecule has 0 unspecified atom stereocenters. The van der Waals surface area contributed by atoms with Gasteiger partial charge in [0.25, 0.3) is 20.0 Å². The highest BCUT2D eigenvalue weighted by atomic mass is 79.9. The van der Waals surface area contributed by atoms with Crippen LogP contribution in [0, 0.1) is 13.8 Å². The van der Waals surface area contributed by atoms with E-state index in [1.165, 1.54) is 14.8 Å². The number of hydrogen-bond acceptors (Lipinski definition) is 4. The average molecular weight is 547 g/mol. The number of hydrogen-bond donors (Lipinski definition) is 0. The molecule has 0 atom stereocenters. The lowest BCUT2D eigenvalue weighted by molar-refractivity contribution is 0.421. The normalized spacial score (nSPS) is 14.8. The summed E-state index contributed by atoms with van der Waals surface area (Å²) in [6.07, 6.45) is 1.41. The van der Waals surface area contributed by atoms with Crippen molar-refractivity contribution in [2.75, 3.05) is 13.1 Å². The molecule has 0 radical (unpaired) electrons. The molecule has 1 aliphatic rings. The van der Waals surface area contributed by atoms with Gasteiger partial charge in [-0.25, -0.2) is 16.8 Å². The van der Waals surface area contributed by atoms with Gasteiger partial charge >= 0.3 is 0 Å². The predicted molar refractivity (Wildman–Crippen MR) is 132 cm³/mol. The first-order chi connectivity index (χ1) is 15.6. The fraction of sp³-hybridized carbons (Fsp3) is 0.167. The van der Waals surface area contributed by atoms with Crippen LogP contribution >= 0.6 is 15.9 Å². The molecule has 4 rings (SSSR count). The van der Waals surface area contributed by atoms with Crippen molar-refractivity contribution in [1.82, 2.24) is 8.61 Å². The van der Waals surface area contributed by atoms with E-state index in [0.29, 0.717) is 11.3 Å². The highest BCUT2D eigenvalue weighted by Gasteiger charge is 2.34. The molecule has 0 N–H and O–H groups in total. The van der Waals surface area contributed by atoms with E-state index in [-0.39, 0.29) is 22.9 Å². The van der Waals surface area contributed by atoms with Crippen molar-refractivity contribution in [1.29, 1.82) is 0 Å². The van der Waals surface area contributed by atoms with Crippen molar-refractivity contribution in [3.8, 4) is 0 Å². The zero-order valence-corrected chi connectivity index (χ0v) is 21.4. The number of rotatable bonds is 5. The predicted octanol–water partition coefficient (Wildman–Crippen LogP) is 4.76. The molecule has 0 aromatic heterocycles. The standard InChI is InChI=1S/C24H23BrN2O4S2/c1-18-3-11-22(12-4-18)32(28,29)26-15-16-27(24(17-26)20-7-9-21(25)10-8-20)33(30,31)23-13-5-19(2)6-14-23/h3-14,17H,15-16H2,1-2H3. The summed E-state index contributed by atoms with van der Waals surface area (Å²) in [6, 6.07) is 20.3. The van der Waals surface area contributed by atoms with E-state index < -0.39 is 20.0 Å². The van der Waals surface area contributed by atoms with Gasteiger partial charge in [-0.3, -0.25) is 8.61 Å². The maximum atomic E-state index is 13.5. The topological polar surface area (TPSA) is 74.8 Å². The van der Waals surface area contributed by atoms with Crippen LogP contribution in [-0.4, -0.2) is 38.5 Å². The van der Waals surface area contributed by atoms with Crippen molar-refractivity contribution in [3.05, 3.63) is 100 Å². The number of sulfonamides is 2. The third-order valence-corrected chi connectivity index (χ3v) is 9.56. The minimum absolute atomic E-state index is 0.00132. The largest absolute Gasteiger partial charge is 0.269 e. The van der Waals surface area contributed by atoms with Gasteiger partial charge in [0.15, 0.2) is 0 Å². The fourth-order valence-electron chi connectivity index (χ4n) is 3.54. The van der Waals surface area contributed by atoms with Crippen molar-refractivity contribution in [3.63, 3.8) is 0 Å². The molecular weight excluding hydrogens is 524 g/mol. The Morgan fingerprint density at radius 2 is 1.15 bits per heavy atom. The molecule has 172 valence electrons. The van der Waals surface area contributed by atoms with Crippen LogP contribution < -0.4 is 0 Å². The summed E-state index contributed by atoms with van der Waals surface area (Å²) in [7, 11) is -7.73.